The summed E-state index contributed by atoms with van der Waals surface area (Å²) in [5.41, 5.74) is 3.65. The summed E-state index contributed by atoms with van der Waals surface area (Å²) < 4.78 is 24.5. The zero-order valence-corrected chi connectivity index (χ0v) is 26.3. The first kappa shape index (κ1) is 29.3. The Kier molecular flexibility index (Phi) is 7.45. The van der Waals surface area contributed by atoms with Crippen LogP contribution in [0.1, 0.15) is 22.7 Å². The highest BCUT2D eigenvalue weighted by Crippen LogP contribution is 2.51. The van der Waals surface area contributed by atoms with Crippen LogP contribution >= 0.6 is 0 Å². The van der Waals surface area contributed by atoms with Gasteiger partial charge >= 0.3 is 0 Å². The summed E-state index contributed by atoms with van der Waals surface area (Å²) in [6.07, 6.45) is -0.402. The van der Waals surface area contributed by atoms with Gasteiger partial charge in [-0.2, -0.15) is 10.3 Å². The van der Waals surface area contributed by atoms with Crippen molar-refractivity contribution in [3.63, 3.8) is 0 Å². The van der Waals surface area contributed by atoms with Gasteiger partial charge in [-0.1, -0.05) is 84.9 Å². The molecule has 0 aliphatic carbocycles. The van der Waals surface area contributed by atoms with Crippen molar-refractivity contribution in [2.24, 2.45) is 0 Å². The lowest BCUT2D eigenvalue weighted by atomic mass is 10.00. The van der Waals surface area contributed by atoms with Crippen LogP contribution in [0.2, 0.25) is 0 Å². The van der Waals surface area contributed by atoms with Crippen molar-refractivity contribution in [1.82, 2.24) is 25.1 Å². The van der Waals surface area contributed by atoms with E-state index >= 15 is 0 Å². The Labute approximate surface area is 274 Å². The predicted octanol–water partition coefficient (Wildman–Crippen LogP) is 4.01. The highest BCUT2D eigenvalue weighted by Gasteiger charge is 2.65. The number of nitrogens with zero attached hydrogens (tertiary/aromatic N) is 5. The molecule has 0 bridgehead atoms. The second kappa shape index (κ2) is 12.0. The van der Waals surface area contributed by atoms with Crippen molar-refractivity contribution in [2.45, 2.75) is 62.4 Å². The van der Waals surface area contributed by atoms with E-state index in [1.54, 1.807) is 7.11 Å². The van der Waals surface area contributed by atoms with E-state index in [0.717, 1.165) is 24.4 Å². The molecular weight excluding hydrogens is 592 g/mol. The highest BCUT2D eigenvalue weighted by atomic mass is 16.6. The zero-order chi connectivity index (χ0) is 31.5. The molecule has 0 amide bonds. The Morgan fingerprint density at radius 2 is 1.70 bits per heavy atom. The van der Waals surface area contributed by atoms with Crippen molar-refractivity contribution < 1.29 is 18.9 Å². The largest absolute Gasteiger partial charge is 0.497 e. The third kappa shape index (κ3) is 5.49. The molecule has 5 fully saturated rings. The second-order valence-corrected chi connectivity index (χ2v) is 13.0. The van der Waals surface area contributed by atoms with Gasteiger partial charge in [0.15, 0.2) is 12.5 Å². The second-order valence-electron chi connectivity index (χ2n) is 13.0. The molecule has 0 radical (unpaired) electrons. The minimum absolute atomic E-state index is 0.00988. The molecule has 5 aliphatic rings. The Morgan fingerprint density at radius 3 is 2.53 bits per heavy atom. The van der Waals surface area contributed by atoms with E-state index in [4.69, 9.17) is 18.9 Å². The monoisotopic (exact) mass is 630 g/mol. The van der Waals surface area contributed by atoms with Gasteiger partial charge in [0.05, 0.1) is 25.4 Å². The highest BCUT2D eigenvalue weighted by molar-refractivity contribution is 5.85. The molecule has 0 aromatic heterocycles. The summed E-state index contributed by atoms with van der Waals surface area (Å²) in [7, 11) is 1.67. The van der Waals surface area contributed by atoms with Crippen LogP contribution in [-0.2, 0) is 27.3 Å². The summed E-state index contributed by atoms with van der Waals surface area (Å²) in [5.74, 6) is 0.833. The number of nitriles is 1. The third-order valence-electron chi connectivity index (χ3n) is 10.2. The van der Waals surface area contributed by atoms with Gasteiger partial charge in [0.1, 0.15) is 37.0 Å². The number of hydrogen-bond acceptors (Lipinski definition) is 10. The Bertz CT molecular complexity index is 1780. The van der Waals surface area contributed by atoms with Crippen molar-refractivity contribution in [2.75, 3.05) is 26.7 Å². The van der Waals surface area contributed by atoms with Crippen molar-refractivity contribution in [3.05, 3.63) is 114 Å². The average Bonchev–Trinajstić information content (AvgIpc) is 3.99. The van der Waals surface area contributed by atoms with Gasteiger partial charge < -0.3 is 18.9 Å². The van der Waals surface area contributed by atoms with E-state index in [9.17, 15) is 5.26 Å². The molecule has 0 spiro atoms. The fourth-order valence-electron chi connectivity index (χ4n) is 7.75. The molecule has 6 unspecified atom stereocenters. The number of nitrogens with one attached hydrogen (secondary N) is 1. The maximum absolute atomic E-state index is 10.1. The Morgan fingerprint density at radius 1 is 0.894 bits per heavy atom. The number of ether oxygens (including phenoxy) is 4. The molecule has 1 N–H and O–H groups in total. The van der Waals surface area contributed by atoms with Crippen molar-refractivity contribution in [3.8, 4) is 11.8 Å². The molecule has 5 heterocycles. The number of hydrazine groups is 1. The first-order valence-electron chi connectivity index (χ1n) is 16.5. The molecule has 10 nitrogen and oxygen atoms in total. The molecule has 5 saturated heterocycles. The van der Waals surface area contributed by atoms with E-state index in [2.05, 4.69) is 116 Å². The van der Waals surface area contributed by atoms with Crippen LogP contribution < -0.4 is 10.1 Å². The van der Waals surface area contributed by atoms with Crippen LogP contribution in [0, 0.1) is 11.3 Å². The topological polar surface area (TPSA) is 95.6 Å². The molecule has 9 rings (SSSR count). The fraction of sp³-hybridized carbons (Fsp3) is 0.378. The molecule has 10 heteroatoms. The molecule has 0 saturated carbocycles. The van der Waals surface area contributed by atoms with Crippen LogP contribution in [0.25, 0.3) is 10.8 Å². The molecular formula is C37H38N6O4. The molecule has 4 aromatic rings. The van der Waals surface area contributed by atoms with E-state index in [1.165, 1.54) is 21.9 Å². The number of benzene rings is 4. The van der Waals surface area contributed by atoms with E-state index in [-0.39, 0.29) is 55.9 Å². The Balaban J connectivity index is 1.02. The van der Waals surface area contributed by atoms with Gasteiger partial charge in [0.25, 0.3) is 0 Å². The minimum atomic E-state index is -0.249. The minimum Gasteiger partial charge on any atom is -0.497 e. The number of epoxide rings is 3. The lowest BCUT2D eigenvalue weighted by Crippen LogP contribution is -2.65. The van der Waals surface area contributed by atoms with Gasteiger partial charge in [-0.15, -0.1) is 0 Å². The van der Waals surface area contributed by atoms with Gasteiger partial charge in [-0.3, -0.25) is 10.2 Å². The molecule has 8 atom stereocenters. The normalized spacial score (nSPS) is 31.3. The number of fused-ring (bicyclic) bond motifs is 5. The Hall–Kier alpha value is -3.89. The smallest absolute Gasteiger partial charge is 0.166 e. The van der Waals surface area contributed by atoms with Crippen LogP contribution in [0.3, 0.4) is 0 Å². The maximum Gasteiger partial charge on any atom is 0.166 e. The summed E-state index contributed by atoms with van der Waals surface area (Å²) in [5, 5.41) is 20.6. The van der Waals surface area contributed by atoms with Gasteiger partial charge in [0, 0.05) is 26.2 Å². The average molecular weight is 631 g/mol. The third-order valence-corrected chi connectivity index (χ3v) is 10.2. The lowest BCUT2D eigenvalue weighted by Gasteiger charge is -2.48. The van der Waals surface area contributed by atoms with Gasteiger partial charge in [0.2, 0.25) is 0 Å². The molecule has 4 aromatic carbocycles. The summed E-state index contributed by atoms with van der Waals surface area (Å²) in [6.45, 7) is 3.08. The number of rotatable bonds is 10. The van der Waals surface area contributed by atoms with Crippen LogP contribution in [0.15, 0.2) is 97.1 Å². The number of methoxy groups -OCH3 is 1. The van der Waals surface area contributed by atoms with Crippen LogP contribution in [0.5, 0.6) is 5.75 Å². The van der Waals surface area contributed by atoms with Crippen molar-refractivity contribution in [1.29, 1.82) is 5.26 Å². The van der Waals surface area contributed by atoms with Crippen LogP contribution in [-0.4, -0.2) is 89.8 Å². The quantitative estimate of drug-likeness (QED) is 0.205. The van der Waals surface area contributed by atoms with E-state index in [0.29, 0.717) is 13.1 Å². The summed E-state index contributed by atoms with van der Waals surface area (Å²) in [4.78, 5) is 5.00. The number of hydrogen-bond donors (Lipinski definition) is 1. The molecule has 47 heavy (non-hydrogen) atoms. The summed E-state index contributed by atoms with van der Waals surface area (Å²) >= 11 is 0. The first-order chi connectivity index (χ1) is 23.2. The van der Waals surface area contributed by atoms with E-state index in [1.807, 2.05) is 12.1 Å². The maximum atomic E-state index is 10.1. The lowest BCUT2D eigenvalue weighted by molar-refractivity contribution is -0.165. The first-order valence-corrected chi connectivity index (χ1v) is 16.5. The fourth-order valence-corrected chi connectivity index (χ4v) is 7.75. The molecule has 240 valence electrons. The van der Waals surface area contributed by atoms with Crippen molar-refractivity contribution >= 4 is 10.8 Å². The zero-order valence-electron chi connectivity index (χ0n) is 26.3. The standard InChI is InChI=1S/C37H38N6O4/c1-44-28-16-14-24(15-17-28)20-39-34-37(47-34)41(19-18-38)42-22-30-35(45-30)43-31(42)23-40(21-27-12-7-11-25-8-5-6-13-29(25)27)36-33(46-36)32(43)26-9-3-2-4-10-26/h2-17,30-37,39H,19-23H2,1H3/t30?,31-,32+,33?,34?,35?,36?,37?/m1/s1. The van der Waals surface area contributed by atoms with Gasteiger partial charge in [-0.25, -0.2) is 9.91 Å². The van der Waals surface area contributed by atoms with E-state index < -0.39 is 0 Å². The SMILES string of the molecule is COc1ccc(CNC2OC2N(CC#N)N2CC3OC3N3[C@@H](c4ccccc4)C4OC4N(Cc4cccc5ccccc45)C[C@@H]32)cc1. The van der Waals surface area contributed by atoms with Crippen LogP contribution in [0.4, 0.5) is 0 Å². The summed E-state index contributed by atoms with van der Waals surface area (Å²) in [6, 6.07) is 36.3. The predicted molar refractivity (Wildman–Crippen MR) is 174 cm³/mol. The molecule has 5 aliphatic heterocycles. The van der Waals surface area contributed by atoms with Gasteiger partial charge in [-0.05, 0) is 39.6 Å².